The number of rotatable bonds is 2. The summed E-state index contributed by atoms with van der Waals surface area (Å²) < 4.78 is 4.99. The summed E-state index contributed by atoms with van der Waals surface area (Å²) in [7, 11) is 1.64. The summed E-state index contributed by atoms with van der Waals surface area (Å²) >= 11 is 0. The lowest BCUT2D eigenvalue weighted by Crippen LogP contribution is -1.92. The van der Waals surface area contributed by atoms with E-state index in [2.05, 4.69) is 0 Å². The third kappa shape index (κ3) is 1.95. The second kappa shape index (κ2) is 3.39. The average Bonchev–Trinajstić information content (AvgIpc) is 2.05. The third-order valence-electron chi connectivity index (χ3n) is 1.62. The maximum Gasteiger partial charge on any atom is 0.118 e. The number of hydrogen-bond acceptors (Lipinski definition) is 1. The van der Waals surface area contributed by atoms with Crippen molar-refractivity contribution in [3.63, 3.8) is 0 Å². The fraction of sp³-hybridized carbons (Fsp3) is 0.333. The summed E-state index contributed by atoms with van der Waals surface area (Å²) in [6.45, 7) is 1.85. The Balaban J connectivity index is 2.83. The van der Waals surface area contributed by atoms with Crippen LogP contribution in [0.25, 0.3) is 0 Å². The molecule has 0 aliphatic heterocycles. The molecule has 0 heterocycles. The van der Waals surface area contributed by atoms with Gasteiger partial charge in [-0.3, -0.25) is 5.73 Å². The number of nitrogens with one attached hydrogen (secondary N) is 1. The normalized spacial score (nSPS) is 12.6. The molecule has 0 aliphatic rings. The zero-order valence-corrected chi connectivity index (χ0v) is 6.79. The van der Waals surface area contributed by atoms with Crippen LogP contribution in [0.1, 0.15) is 18.5 Å². The Morgan fingerprint density at radius 3 is 2.18 bits per heavy atom. The molecule has 1 aromatic carbocycles. The van der Waals surface area contributed by atoms with Gasteiger partial charge in [-0.1, -0.05) is 12.1 Å². The molecule has 0 aromatic heterocycles. The van der Waals surface area contributed by atoms with Crippen LogP contribution in [-0.2, 0) is 0 Å². The van der Waals surface area contributed by atoms with Gasteiger partial charge in [-0.25, -0.2) is 0 Å². The molecule has 1 radical (unpaired) electrons. The van der Waals surface area contributed by atoms with E-state index in [4.69, 9.17) is 10.5 Å². The highest BCUT2D eigenvalue weighted by Crippen LogP contribution is 2.15. The molecule has 2 nitrogen and oxygen atoms in total. The molecule has 0 saturated heterocycles. The fourth-order valence-corrected chi connectivity index (χ4v) is 0.893. The molecule has 1 rings (SSSR count). The van der Waals surface area contributed by atoms with E-state index in [-0.39, 0.29) is 6.04 Å². The van der Waals surface area contributed by atoms with Crippen molar-refractivity contribution in [1.29, 1.82) is 0 Å². The molecule has 1 aromatic rings. The summed E-state index contributed by atoms with van der Waals surface area (Å²) in [6, 6.07) is 7.43. The van der Waals surface area contributed by atoms with E-state index < -0.39 is 0 Å². The van der Waals surface area contributed by atoms with Gasteiger partial charge in [0.2, 0.25) is 0 Å². The van der Waals surface area contributed by atoms with Crippen molar-refractivity contribution in [3.05, 3.63) is 29.8 Å². The summed E-state index contributed by atoms with van der Waals surface area (Å²) in [5.74, 6) is 0.842. The van der Waals surface area contributed by atoms with E-state index in [0.717, 1.165) is 11.3 Å². The third-order valence-corrected chi connectivity index (χ3v) is 1.62. The number of methoxy groups -OCH3 is 1. The Bertz CT molecular complexity index is 216. The van der Waals surface area contributed by atoms with E-state index in [1.54, 1.807) is 7.11 Å². The van der Waals surface area contributed by atoms with Crippen LogP contribution in [0.2, 0.25) is 0 Å². The van der Waals surface area contributed by atoms with E-state index in [0.29, 0.717) is 0 Å². The smallest absolute Gasteiger partial charge is 0.118 e. The Hall–Kier alpha value is -1.02. The van der Waals surface area contributed by atoms with Crippen LogP contribution in [-0.4, -0.2) is 7.11 Å². The Morgan fingerprint density at radius 2 is 1.82 bits per heavy atom. The van der Waals surface area contributed by atoms with Gasteiger partial charge in [-0.05, 0) is 24.6 Å². The Morgan fingerprint density at radius 1 is 1.27 bits per heavy atom. The van der Waals surface area contributed by atoms with Gasteiger partial charge < -0.3 is 4.74 Å². The molecule has 11 heavy (non-hydrogen) atoms. The maximum atomic E-state index is 7.41. The van der Waals surface area contributed by atoms with Crippen LogP contribution in [0.3, 0.4) is 0 Å². The fourth-order valence-electron chi connectivity index (χ4n) is 0.893. The lowest BCUT2D eigenvalue weighted by molar-refractivity contribution is 0.414. The highest BCUT2D eigenvalue weighted by Gasteiger charge is 1.98. The zero-order valence-electron chi connectivity index (χ0n) is 6.79. The van der Waals surface area contributed by atoms with Gasteiger partial charge in [0.1, 0.15) is 5.75 Å². The molecule has 1 N–H and O–H groups in total. The zero-order chi connectivity index (χ0) is 8.27. The van der Waals surface area contributed by atoms with E-state index >= 15 is 0 Å². The first-order chi connectivity index (χ1) is 5.24. The van der Waals surface area contributed by atoms with E-state index in [9.17, 15) is 0 Å². The minimum Gasteiger partial charge on any atom is -0.497 e. The van der Waals surface area contributed by atoms with Gasteiger partial charge in [0.05, 0.1) is 7.11 Å². The molecule has 0 amide bonds. The van der Waals surface area contributed by atoms with Crippen molar-refractivity contribution < 1.29 is 4.74 Å². The predicted molar refractivity (Wildman–Crippen MR) is 44.5 cm³/mol. The van der Waals surface area contributed by atoms with Crippen LogP contribution in [0.4, 0.5) is 0 Å². The molecular formula is C9H12NO. The maximum absolute atomic E-state index is 7.41. The van der Waals surface area contributed by atoms with Crippen molar-refractivity contribution in [1.82, 2.24) is 5.73 Å². The summed E-state index contributed by atoms with van der Waals surface area (Å²) in [5, 5.41) is 0. The van der Waals surface area contributed by atoms with Gasteiger partial charge in [0, 0.05) is 6.04 Å². The van der Waals surface area contributed by atoms with Crippen LogP contribution in [0, 0.1) is 0 Å². The number of ether oxygens (including phenoxy) is 1. The number of benzene rings is 1. The molecule has 1 unspecified atom stereocenters. The highest BCUT2D eigenvalue weighted by molar-refractivity contribution is 5.28. The van der Waals surface area contributed by atoms with Crippen LogP contribution >= 0.6 is 0 Å². The van der Waals surface area contributed by atoms with Gasteiger partial charge >= 0.3 is 0 Å². The van der Waals surface area contributed by atoms with Gasteiger partial charge in [-0.2, -0.15) is 0 Å². The van der Waals surface area contributed by atoms with Gasteiger partial charge in [0.25, 0.3) is 0 Å². The Kier molecular flexibility index (Phi) is 2.49. The predicted octanol–water partition coefficient (Wildman–Crippen LogP) is 2.04. The van der Waals surface area contributed by atoms with Crippen LogP contribution < -0.4 is 10.5 Å². The molecule has 0 fully saturated rings. The lowest BCUT2D eigenvalue weighted by atomic mass is 10.1. The first-order valence-corrected chi connectivity index (χ1v) is 3.59. The first-order valence-electron chi connectivity index (χ1n) is 3.59. The first kappa shape index (κ1) is 8.08. The molecular weight excluding hydrogens is 138 g/mol. The van der Waals surface area contributed by atoms with Crippen molar-refractivity contribution in [2.24, 2.45) is 0 Å². The molecule has 1 atom stereocenters. The topological polar surface area (TPSA) is 33.0 Å². The van der Waals surface area contributed by atoms with E-state index in [1.165, 1.54) is 0 Å². The summed E-state index contributed by atoms with van der Waals surface area (Å²) in [5.41, 5.74) is 8.42. The highest BCUT2D eigenvalue weighted by atomic mass is 16.5. The molecule has 0 saturated carbocycles. The SMILES string of the molecule is COc1ccc(C(C)[NH])cc1. The quantitative estimate of drug-likeness (QED) is 0.635. The standard InChI is InChI=1S/C9H12NO/c1-7(10)8-3-5-9(11-2)6-4-8/h3-7,10H,1-2H3. The average molecular weight is 150 g/mol. The summed E-state index contributed by atoms with van der Waals surface area (Å²) in [6.07, 6.45) is 0. The van der Waals surface area contributed by atoms with Crippen molar-refractivity contribution in [2.75, 3.05) is 7.11 Å². The van der Waals surface area contributed by atoms with Crippen molar-refractivity contribution in [3.8, 4) is 5.75 Å². The monoisotopic (exact) mass is 150 g/mol. The van der Waals surface area contributed by atoms with Gasteiger partial charge in [-0.15, -0.1) is 0 Å². The lowest BCUT2D eigenvalue weighted by Gasteiger charge is -2.04. The molecule has 0 aliphatic carbocycles. The molecule has 2 heteroatoms. The van der Waals surface area contributed by atoms with Crippen LogP contribution in [0.5, 0.6) is 5.75 Å². The molecule has 0 bridgehead atoms. The Labute approximate surface area is 67.0 Å². The van der Waals surface area contributed by atoms with Crippen LogP contribution in [0.15, 0.2) is 24.3 Å². The second-order valence-electron chi connectivity index (χ2n) is 2.49. The molecule has 59 valence electrons. The molecule has 0 spiro atoms. The second-order valence-corrected chi connectivity index (χ2v) is 2.49. The van der Waals surface area contributed by atoms with Crippen molar-refractivity contribution >= 4 is 0 Å². The number of hydrogen-bond donors (Lipinski definition) is 0. The van der Waals surface area contributed by atoms with E-state index in [1.807, 2.05) is 31.2 Å². The summed E-state index contributed by atoms with van der Waals surface area (Å²) in [4.78, 5) is 0. The minimum absolute atomic E-state index is 0.152. The van der Waals surface area contributed by atoms with Gasteiger partial charge in [0.15, 0.2) is 0 Å². The minimum atomic E-state index is -0.152. The van der Waals surface area contributed by atoms with Crippen molar-refractivity contribution in [2.45, 2.75) is 13.0 Å². The largest absolute Gasteiger partial charge is 0.497 e.